The van der Waals surface area contributed by atoms with Crippen molar-refractivity contribution in [3.05, 3.63) is 77.0 Å². The second kappa shape index (κ2) is 8.98. The normalized spacial score (nSPS) is 9.70. The van der Waals surface area contributed by atoms with Gasteiger partial charge in [-0.1, -0.05) is 43.5 Å². The van der Waals surface area contributed by atoms with Crippen molar-refractivity contribution in [1.82, 2.24) is 0 Å². The predicted octanol–water partition coefficient (Wildman–Crippen LogP) is 2.32. The average Bonchev–Trinajstić information content (AvgIpc) is 2.45. The maximum atomic E-state index is 11.1. The Labute approximate surface area is 115 Å². The lowest BCUT2D eigenvalue weighted by atomic mass is 10.1. The summed E-state index contributed by atoms with van der Waals surface area (Å²) in [6.45, 7) is 6.17. The van der Waals surface area contributed by atoms with Crippen LogP contribution in [0.15, 0.2) is 61.3 Å². The molecule has 0 aliphatic heterocycles. The Kier molecular flexibility index (Phi) is 7.63. The fourth-order valence-electron chi connectivity index (χ4n) is 1.03. The molecule has 1 rings (SSSR count). The van der Waals surface area contributed by atoms with Gasteiger partial charge < -0.3 is 5.11 Å². The number of carboxylic acids is 1. The van der Waals surface area contributed by atoms with Crippen molar-refractivity contribution >= 4 is 17.8 Å². The molecule has 1 N–H and O–H groups in total. The summed E-state index contributed by atoms with van der Waals surface area (Å²) in [5, 5.41) is 18.2. The van der Waals surface area contributed by atoms with Crippen LogP contribution in [0.4, 0.5) is 0 Å². The molecule has 0 aliphatic carbocycles. The Morgan fingerprint density at radius 2 is 1.65 bits per heavy atom. The molecule has 0 aromatic heterocycles. The zero-order valence-electron chi connectivity index (χ0n) is 10.6. The van der Waals surface area contributed by atoms with Crippen molar-refractivity contribution < 1.29 is 19.6 Å². The number of carboxylic acid groups (broad SMARTS) is 1. The van der Waals surface area contributed by atoms with Crippen LogP contribution in [0.25, 0.3) is 6.08 Å². The topological polar surface area (TPSA) is 97.5 Å². The minimum atomic E-state index is -0.981. The second-order valence-electron chi connectivity index (χ2n) is 3.31. The first kappa shape index (κ1) is 17.0. The Morgan fingerprint density at radius 3 is 2.00 bits per heavy atom. The lowest BCUT2D eigenvalue weighted by Crippen LogP contribution is -2.08. The van der Waals surface area contributed by atoms with Gasteiger partial charge in [0, 0.05) is 12.2 Å². The van der Waals surface area contributed by atoms with Crippen LogP contribution < -0.4 is 0 Å². The summed E-state index contributed by atoms with van der Waals surface area (Å²) in [5.74, 6) is -1.67. The molecule has 0 heterocycles. The fraction of sp³-hybridized carbons (Fsp3) is 0. The molecule has 0 unspecified atom stereocenters. The van der Waals surface area contributed by atoms with Crippen LogP contribution in [0.3, 0.4) is 0 Å². The number of carbonyl (C=O) groups is 2. The molecule has 0 fully saturated rings. The molecular formula is C14H13NO5. The molecule has 6 nitrogen and oxygen atoms in total. The number of rotatable bonds is 5. The molecule has 20 heavy (non-hydrogen) atoms. The first-order valence-electron chi connectivity index (χ1n) is 5.35. The first-order chi connectivity index (χ1) is 9.42. The van der Waals surface area contributed by atoms with Crippen LogP contribution in [-0.4, -0.2) is 21.8 Å². The molecule has 1 aromatic carbocycles. The largest absolute Gasteiger partial charge is 0.478 e. The zero-order chi connectivity index (χ0) is 15.5. The molecular weight excluding hydrogens is 262 g/mol. The molecule has 0 radical (unpaired) electrons. The Morgan fingerprint density at radius 1 is 1.15 bits per heavy atom. The van der Waals surface area contributed by atoms with E-state index in [1.54, 1.807) is 30.3 Å². The first-order valence-corrected chi connectivity index (χ1v) is 5.35. The molecule has 0 spiro atoms. The smallest absolute Gasteiger partial charge is 0.327 e. The number of benzene rings is 1. The highest BCUT2D eigenvalue weighted by atomic mass is 16.6. The number of hydrogen-bond acceptors (Lipinski definition) is 4. The molecule has 0 aliphatic rings. The number of nitrogens with zero attached hydrogens (tertiary/aromatic N) is 1. The van der Waals surface area contributed by atoms with Gasteiger partial charge in [0.15, 0.2) is 0 Å². The lowest BCUT2D eigenvalue weighted by molar-refractivity contribution is -0.416. The maximum Gasteiger partial charge on any atom is 0.327 e. The summed E-state index contributed by atoms with van der Waals surface area (Å²) >= 11 is 0. The highest BCUT2D eigenvalue weighted by molar-refractivity contribution is 6.04. The number of carbonyl (C=O) groups excluding carboxylic acids is 1. The van der Waals surface area contributed by atoms with Gasteiger partial charge >= 0.3 is 11.7 Å². The van der Waals surface area contributed by atoms with Crippen LogP contribution in [-0.2, 0) is 9.59 Å². The van der Waals surface area contributed by atoms with E-state index in [1.165, 1.54) is 6.08 Å². The quantitative estimate of drug-likeness (QED) is 0.505. The molecule has 0 atom stereocenters. The van der Waals surface area contributed by atoms with Crippen LogP contribution >= 0.6 is 0 Å². The van der Waals surface area contributed by atoms with Gasteiger partial charge in [0.05, 0.1) is 4.92 Å². The van der Waals surface area contributed by atoms with Gasteiger partial charge in [-0.3, -0.25) is 14.9 Å². The minimum Gasteiger partial charge on any atom is -0.478 e. The molecule has 0 amide bonds. The van der Waals surface area contributed by atoms with E-state index in [0.717, 1.165) is 12.2 Å². The number of aliphatic carboxylic acids is 1. The molecule has 1 aromatic rings. The monoisotopic (exact) mass is 275 g/mol. The van der Waals surface area contributed by atoms with Crippen LogP contribution in [0.1, 0.15) is 5.56 Å². The fourth-order valence-corrected chi connectivity index (χ4v) is 1.03. The standard InChI is InChI=1S/C11H9NO3.C3H4O2/c1-2-11(13)10(12(14)15)8-9-6-4-3-5-7-9;1-2-3(4)5/h2-8H,1H2;2H,1H2,(H,4,5). The van der Waals surface area contributed by atoms with Crippen molar-refractivity contribution in [2.45, 2.75) is 0 Å². The van der Waals surface area contributed by atoms with E-state index in [0.29, 0.717) is 5.56 Å². The van der Waals surface area contributed by atoms with E-state index in [2.05, 4.69) is 13.2 Å². The van der Waals surface area contributed by atoms with Crippen LogP contribution in [0.5, 0.6) is 0 Å². The Hall–Kier alpha value is -3.02. The molecule has 0 saturated carbocycles. The van der Waals surface area contributed by atoms with Crippen molar-refractivity contribution in [3.8, 4) is 0 Å². The van der Waals surface area contributed by atoms with E-state index in [4.69, 9.17) is 5.11 Å². The number of hydrogen-bond donors (Lipinski definition) is 1. The van der Waals surface area contributed by atoms with E-state index in [1.807, 2.05) is 0 Å². The number of nitro groups is 1. The van der Waals surface area contributed by atoms with Gasteiger partial charge in [0.2, 0.25) is 0 Å². The SMILES string of the molecule is C=CC(=O)C(=Cc1ccccc1)[N+](=O)[O-].C=CC(=O)O. The molecule has 6 heteroatoms. The van der Waals surface area contributed by atoms with Crippen molar-refractivity contribution in [3.63, 3.8) is 0 Å². The van der Waals surface area contributed by atoms with Gasteiger partial charge in [-0.2, -0.15) is 0 Å². The average molecular weight is 275 g/mol. The van der Waals surface area contributed by atoms with E-state index >= 15 is 0 Å². The highest BCUT2D eigenvalue weighted by Gasteiger charge is 2.17. The summed E-state index contributed by atoms with van der Waals surface area (Å²) in [7, 11) is 0. The van der Waals surface area contributed by atoms with Gasteiger partial charge in [-0.25, -0.2) is 4.79 Å². The van der Waals surface area contributed by atoms with Crippen molar-refractivity contribution in [1.29, 1.82) is 0 Å². The summed E-state index contributed by atoms with van der Waals surface area (Å²) in [5.41, 5.74) is 0.135. The van der Waals surface area contributed by atoms with Crippen LogP contribution in [0, 0.1) is 10.1 Å². The third kappa shape index (κ3) is 6.65. The highest BCUT2D eigenvalue weighted by Crippen LogP contribution is 2.08. The maximum absolute atomic E-state index is 11.1. The van der Waals surface area contributed by atoms with E-state index in [9.17, 15) is 19.7 Å². The predicted molar refractivity (Wildman–Crippen MR) is 74.5 cm³/mol. The molecule has 0 saturated heterocycles. The summed E-state index contributed by atoms with van der Waals surface area (Å²) in [4.78, 5) is 30.2. The van der Waals surface area contributed by atoms with Crippen molar-refractivity contribution in [2.75, 3.05) is 0 Å². The third-order valence-electron chi connectivity index (χ3n) is 1.91. The van der Waals surface area contributed by atoms with E-state index < -0.39 is 22.4 Å². The van der Waals surface area contributed by atoms with Gasteiger partial charge in [-0.15, -0.1) is 0 Å². The zero-order valence-corrected chi connectivity index (χ0v) is 10.6. The Bertz CT molecular complexity index is 546. The van der Waals surface area contributed by atoms with Gasteiger partial charge in [0.1, 0.15) is 0 Å². The third-order valence-corrected chi connectivity index (χ3v) is 1.91. The van der Waals surface area contributed by atoms with Crippen LogP contribution in [0.2, 0.25) is 0 Å². The molecule has 104 valence electrons. The summed E-state index contributed by atoms with van der Waals surface area (Å²) in [6.07, 6.45) is 2.99. The lowest BCUT2D eigenvalue weighted by Gasteiger charge is -1.94. The van der Waals surface area contributed by atoms with Crippen molar-refractivity contribution in [2.24, 2.45) is 0 Å². The van der Waals surface area contributed by atoms with Gasteiger partial charge in [0.25, 0.3) is 5.78 Å². The molecule has 0 bridgehead atoms. The van der Waals surface area contributed by atoms with E-state index in [-0.39, 0.29) is 0 Å². The Balaban J connectivity index is 0.000000621. The number of allylic oxidation sites excluding steroid dienone is 1. The minimum absolute atomic E-state index is 0.476. The summed E-state index contributed by atoms with van der Waals surface area (Å²) in [6, 6.07) is 8.63. The number of ketones is 1. The van der Waals surface area contributed by atoms with Gasteiger partial charge in [-0.05, 0) is 11.6 Å². The summed E-state index contributed by atoms with van der Waals surface area (Å²) < 4.78 is 0. The second-order valence-corrected chi connectivity index (χ2v) is 3.31.